The number of nitrogens with zero attached hydrogens (tertiary/aromatic N) is 6. The van der Waals surface area contributed by atoms with Crippen molar-refractivity contribution in [3.63, 3.8) is 0 Å². The number of pyridine rings is 1. The predicted molar refractivity (Wildman–Crippen MR) is 133 cm³/mol. The summed E-state index contributed by atoms with van der Waals surface area (Å²) in [4.78, 5) is 28.5. The highest BCUT2D eigenvalue weighted by molar-refractivity contribution is 6.04. The van der Waals surface area contributed by atoms with Crippen molar-refractivity contribution in [2.24, 2.45) is 7.05 Å². The first-order valence-corrected chi connectivity index (χ1v) is 11.5. The molecule has 2 unspecified atom stereocenters. The number of anilines is 2. The number of amides is 1. The zero-order chi connectivity index (χ0) is 23.7. The maximum atomic E-state index is 12.8. The fraction of sp³-hybridized carbons (Fsp3) is 0.320. The van der Waals surface area contributed by atoms with Gasteiger partial charge in [-0.3, -0.25) is 19.8 Å². The summed E-state index contributed by atoms with van der Waals surface area (Å²) in [6.07, 6.45) is 9.02. The van der Waals surface area contributed by atoms with E-state index in [1.54, 1.807) is 29.2 Å². The van der Waals surface area contributed by atoms with Crippen molar-refractivity contribution in [2.75, 3.05) is 24.2 Å². The average Bonchev–Trinajstić information content (AvgIpc) is 3.28. The van der Waals surface area contributed by atoms with E-state index in [0.29, 0.717) is 17.6 Å². The number of hydrogen-bond acceptors (Lipinski definition) is 7. The third kappa shape index (κ3) is 4.60. The minimum Gasteiger partial charge on any atom is -0.367 e. The molecule has 0 aliphatic carbocycles. The Morgan fingerprint density at radius 1 is 1.09 bits per heavy atom. The second-order valence-electron chi connectivity index (χ2n) is 8.92. The van der Waals surface area contributed by atoms with Crippen LogP contribution in [0.4, 0.5) is 11.8 Å². The Morgan fingerprint density at radius 3 is 2.65 bits per heavy atom. The molecular weight excluding hydrogens is 428 g/mol. The van der Waals surface area contributed by atoms with E-state index in [-0.39, 0.29) is 11.9 Å². The number of carbonyl (C=O) groups is 1. The van der Waals surface area contributed by atoms with Gasteiger partial charge < -0.3 is 10.2 Å². The van der Waals surface area contributed by atoms with Crippen molar-refractivity contribution in [3.8, 4) is 11.1 Å². The lowest BCUT2D eigenvalue weighted by Crippen LogP contribution is -2.42. The van der Waals surface area contributed by atoms with Gasteiger partial charge in [-0.1, -0.05) is 6.07 Å². The number of aryl methyl sites for hydroxylation is 1. The lowest BCUT2D eigenvalue weighted by Gasteiger charge is -2.35. The summed E-state index contributed by atoms with van der Waals surface area (Å²) in [5, 5.41) is 11.7. The van der Waals surface area contributed by atoms with Crippen LogP contribution in [0.1, 0.15) is 30.1 Å². The molecule has 3 aromatic heterocycles. The fourth-order valence-corrected chi connectivity index (χ4v) is 4.34. The molecule has 1 aliphatic heterocycles. The molecule has 2 atom stereocenters. The van der Waals surface area contributed by atoms with Gasteiger partial charge >= 0.3 is 0 Å². The van der Waals surface area contributed by atoms with Crippen molar-refractivity contribution < 1.29 is 4.79 Å². The summed E-state index contributed by atoms with van der Waals surface area (Å²) >= 11 is 0. The van der Waals surface area contributed by atoms with E-state index in [1.807, 2.05) is 31.6 Å². The van der Waals surface area contributed by atoms with E-state index >= 15 is 0 Å². The number of likely N-dealkylation sites (tertiary alicyclic amines) is 1. The van der Waals surface area contributed by atoms with Gasteiger partial charge in [0.2, 0.25) is 5.95 Å². The Hall–Kier alpha value is -3.85. The molecule has 5 rings (SSSR count). The van der Waals surface area contributed by atoms with E-state index in [1.165, 1.54) is 0 Å². The van der Waals surface area contributed by atoms with Crippen molar-refractivity contribution in [1.29, 1.82) is 0 Å². The van der Waals surface area contributed by atoms with Gasteiger partial charge in [0.05, 0.1) is 11.7 Å². The minimum atomic E-state index is -0.274. The standard InChI is InChI=1S/C25H28N8O/c1-16-12-20(8-11-32(16)2)28-23-21-5-4-18(19-14-27-33(3)15-19)13-22(21)29-25(30-23)31-24(34)17-6-9-26-10-7-17/h4-7,9-10,13-16,20H,8,11-12H2,1-3H3,(H2,28,29,30,31,34). The molecule has 4 heterocycles. The largest absolute Gasteiger partial charge is 0.367 e. The predicted octanol–water partition coefficient (Wildman–Crippen LogP) is 3.57. The first-order chi connectivity index (χ1) is 16.5. The average molecular weight is 457 g/mol. The van der Waals surface area contributed by atoms with Gasteiger partial charge in [-0.2, -0.15) is 10.1 Å². The second-order valence-corrected chi connectivity index (χ2v) is 8.92. The van der Waals surface area contributed by atoms with Crippen molar-refractivity contribution in [2.45, 2.75) is 31.8 Å². The molecule has 174 valence electrons. The molecule has 2 N–H and O–H groups in total. The lowest BCUT2D eigenvalue weighted by atomic mass is 9.98. The molecule has 1 fully saturated rings. The SMILES string of the molecule is CC1CC(Nc2nc(NC(=O)c3ccncc3)nc3cc(-c4cnn(C)c4)ccc23)CCN1C. The summed E-state index contributed by atoms with van der Waals surface area (Å²) in [5.74, 6) is 0.722. The van der Waals surface area contributed by atoms with E-state index < -0.39 is 0 Å². The smallest absolute Gasteiger partial charge is 0.258 e. The van der Waals surface area contributed by atoms with E-state index in [4.69, 9.17) is 4.98 Å². The van der Waals surface area contributed by atoms with Gasteiger partial charge in [0.25, 0.3) is 5.91 Å². The second kappa shape index (κ2) is 9.18. The first kappa shape index (κ1) is 22.0. The summed E-state index contributed by atoms with van der Waals surface area (Å²) in [6, 6.07) is 10.2. The number of hydrogen-bond donors (Lipinski definition) is 2. The Balaban J connectivity index is 1.52. The van der Waals surface area contributed by atoms with Gasteiger partial charge in [0.15, 0.2) is 0 Å². The van der Waals surface area contributed by atoms with Crippen LogP contribution in [0.15, 0.2) is 55.1 Å². The van der Waals surface area contributed by atoms with Crippen LogP contribution in [0.2, 0.25) is 0 Å². The monoisotopic (exact) mass is 456 g/mol. The van der Waals surface area contributed by atoms with E-state index in [9.17, 15) is 4.79 Å². The van der Waals surface area contributed by atoms with Crippen LogP contribution in [0.5, 0.6) is 0 Å². The Kier molecular flexibility index (Phi) is 5.93. The van der Waals surface area contributed by atoms with Crippen LogP contribution in [-0.4, -0.2) is 61.2 Å². The number of carbonyl (C=O) groups excluding carboxylic acids is 1. The number of benzene rings is 1. The van der Waals surface area contributed by atoms with Crippen molar-refractivity contribution >= 4 is 28.6 Å². The number of nitrogens with one attached hydrogen (secondary N) is 2. The van der Waals surface area contributed by atoms with Gasteiger partial charge in [-0.25, -0.2) is 4.98 Å². The van der Waals surface area contributed by atoms with Gasteiger partial charge in [-0.05, 0) is 56.6 Å². The van der Waals surface area contributed by atoms with Gasteiger partial charge in [0, 0.05) is 60.8 Å². The normalized spacial score (nSPS) is 18.7. The molecule has 34 heavy (non-hydrogen) atoms. The summed E-state index contributed by atoms with van der Waals surface area (Å²) < 4.78 is 1.77. The van der Waals surface area contributed by atoms with Crippen molar-refractivity contribution in [1.82, 2.24) is 29.6 Å². The minimum absolute atomic E-state index is 0.265. The van der Waals surface area contributed by atoms with Gasteiger partial charge in [-0.15, -0.1) is 0 Å². The van der Waals surface area contributed by atoms with Gasteiger partial charge in [0.1, 0.15) is 5.82 Å². The fourth-order valence-electron chi connectivity index (χ4n) is 4.34. The number of piperidine rings is 1. The summed E-state index contributed by atoms with van der Waals surface area (Å²) in [6.45, 7) is 3.27. The molecule has 0 spiro atoms. The molecule has 1 aliphatic rings. The molecule has 1 saturated heterocycles. The summed E-state index contributed by atoms with van der Waals surface area (Å²) in [5.41, 5.74) is 3.26. The van der Waals surface area contributed by atoms with Crippen LogP contribution < -0.4 is 10.6 Å². The topological polar surface area (TPSA) is 101 Å². The van der Waals surface area contributed by atoms with E-state index in [0.717, 1.165) is 47.2 Å². The van der Waals surface area contributed by atoms with Crippen molar-refractivity contribution in [3.05, 3.63) is 60.7 Å². The molecule has 0 radical (unpaired) electrons. The third-order valence-corrected chi connectivity index (χ3v) is 6.45. The van der Waals surface area contributed by atoms with Crippen LogP contribution in [0.25, 0.3) is 22.0 Å². The molecule has 9 nitrogen and oxygen atoms in total. The Labute approximate surface area is 198 Å². The molecule has 9 heteroatoms. The highest BCUT2D eigenvalue weighted by Gasteiger charge is 2.24. The summed E-state index contributed by atoms with van der Waals surface area (Å²) in [7, 11) is 4.05. The molecule has 4 aromatic rings. The van der Waals surface area contributed by atoms with Crippen LogP contribution in [0, 0.1) is 0 Å². The molecule has 1 aromatic carbocycles. The zero-order valence-electron chi connectivity index (χ0n) is 19.6. The molecule has 0 bridgehead atoms. The van der Waals surface area contributed by atoms with Crippen LogP contribution >= 0.6 is 0 Å². The third-order valence-electron chi connectivity index (χ3n) is 6.45. The maximum absolute atomic E-state index is 12.8. The lowest BCUT2D eigenvalue weighted by molar-refractivity contribution is 0.102. The van der Waals surface area contributed by atoms with Crippen LogP contribution in [-0.2, 0) is 7.05 Å². The zero-order valence-corrected chi connectivity index (χ0v) is 19.6. The van der Waals surface area contributed by atoms with E-state index in [2.05, 4.69) is 50.6 Å². The van der Waals surface area contributed by atoms with Crippen LogP contribution in [0.3, 0.4) is 0 Å². The number of fused-ring (bicyclic) bond motifs is 1. The molecule has 1 amide bonds. The highest BCUT2D eigenvalue weighted by Crippen LogP contribution is 2.29. The Bertz CT molecular complexity index is 1320. The Morgan fingerprint density at radius 2 is 1.91 bits per heavy atom. The maximum Gasteiger partial charge on any atom is 0.258 e. The number of aromatic nitrogens is 5. The molecular formula is C25H28N8O. The molecule has 0 saturated carbocycles. The number of rotatable bonds is 5. The quantitative estimate of drug-likeness (QED) is 0.473. The first-order valence-electron chi connectivity index (χ1n) is 11.5. The highest BCUT2D eigenvalue weighted by atomic mass is 16.1.